The van der Waals surface area contributed by atoms with E-state index in [4.69, 9.17) is 23.2 Å². The summed E-state index contributed by atoms with van der Waals surface area (Å²) < 4.78 is 0. The minimum absolute atomic E-state index is 0.0631. The summed E-state index contributed by atoms with van der Waals surface area (Å²) in [4.78, 5) is 17.1. The fourth-order valence-electron chi connectivity index (χ4n) is 3.57. The number of nitro groups is 1. The van der Waals surface area contributed by atoms with E-state index in [1.165, 1.54) is 17.7 Å². The summed E-state index contributed by atoms with van der Waals surface area (Å²) in [5.41, 5.74) is 3.49. The first-order valence-electron chi connectivity index (χ1n) is 8.65. The van der Waals surface area contributed by atoms with Crippen molar-refractivity contribution in [3.05, 3.63) is 61.6 Å². The molecule has 0 saturated carbocycles. The van der Waals surface area contributed by atoms with Gasteiger partial charge < -0.3 is 4.90 Å². The number of halogens is 2. The van der Waals surface area contributed by atoms with Gasteiger partial charge in [0, 0.05) is 36.1 Å². The molecule has 0 spiro atoms. The Morgan fingerprint density at radius 2 is 1.96 bits per heavy atom. The number of anilines is 1. The molecule has 1 aliphatic heterocycles. The topological polar surface area (TPSA) is 58.7 Å². The van der Waals surface area contributed by atoms with Crippen molar-refractivity contribution in [2.75, 3.05) is 11.9 Å². The third-order valence-corrected chi connectivity index (χ3v) is 5.88. The van der Waals surface area contributed by atoms with Crippen LogP contribution in [-0.4, -0.2) is 23.7 Å². The highest BCUT2D eigenvalue weighted by Gasteiger charge is 2.34. The van der Waals surface area contributed by atoms with Gasteiger partial charge in [0.25, 0.3) is 5.69 Å². The molecular weight excluding hydrogens is 385 g/mol. The van der Waals surface area contributed by atoms with E-state index < -0.39 is 4.92 Å². The summed E-state index contributed by atoms with van der Waals surface area (Å²) in [6, 6.07) is 8.49. The molecule has 0 aliphatic carbocycles. The largest absolute Gasteiger partial charge is 0.369 e. The molecular formula is C20H21Cl2N3O2. The predicted molar refractivity (Wildman–Crippen MR) is 112 cm³/mol. The van der Waals surface area contributed by atoms with Gasteiger partial charge >= 0.3 is 0 Å². The van der Waals surface area contributed by atoms with E-state index in [0.717, 1.165) is 17.7 Å². The maximum absolute atomic E-state index is 11.0. The standard InChI is InChI=1S/C20H21Cl2N3O2/c1-12-10-20(2,3)24(4)18-9-17(22)13(7-15(12)18)11-23-14-5-6-16(21)19(8-14)25(26)27/h5-9,11-12H,10H2,1-4H3. The SMILES string of the molecule is CC1CC(C)(C)N(C)c2cc(Cl)c(C=Nc3ccc(Cl)c([N+](=O)[O-])c3)cc21. The molecule has 1 aliphatic rings. The Hall–Kier alpha value is -2.11. The number of fused-ring (bicyclic) bond motifs is 1. The summed E-state index contributed by atoms with van der Waals surface area (Å²) in [7, 11) is 2.08. The zero-order valence-electron chi connectivity index (χ0n) is 15.7. The van der Waals surface area contributed by atoms with E-state index in [1.807, 2.05) is 6.07 Å². The molecule has 5 nitrogen and oxygen atoms in total. The van der Waals surface area contributed by atoms with Crippen molar-refractivity contribution in [2.45, 2.75) is 38.6 Å². The van der Waals surface area contributed by atoms with Crippen LogP contribution >= 0.6 is 23.2 Å². The highest BCUT2D eigenvalue weighted by molar-refractivity contribution is 6.33. The van der Waals surface area contributed by atoms with Gasteiger partial charge in [-0.25, -0.2) is 0 Å². The van der Waals surface area contributed by atoms with Gasteiger partial charge in [-0.2, -0.15) is 0 Å². The first-order valence-corrected chi connectivity index (χ1v) is 9.41. The van der Waals surface area contributed by atoms with Crippen LogP contribution in [0.5, 0.6) is 0 Å². The summed E-state index contributed by atoms with van der Waals surface area (Å²) >= 11 is 12.3. The summed E-state index contributed by atoms with van der Waals surface area (Å²) in [5, 5.41) is 11.7. The van der Waals surface area contributed by atoms with Crippen LogP contribution in [0.4, 0.5) is 17.1 Å². The number of nitrogens with zero attached hydrogens (tertiary/aromatic N) is 3. The summed E-state index contributed by atoms with van der Waals surface area (Å²) in [5.74, 6) is 0.396. The second kappa shape index (κ2) is 7.13. The number of aliphatic imine (C=N–C) groups is 1. The van der Waals surface area contributed by atoms with Crippen LogP contribution in [0.2, 0.25) is 10.0 Å². The Kier molecular flexibility index (Phi) is 5.19. The Balaban J connectivity index is 1.98. The van der Waals surface area contributed by atoms with Crippen LogP contribution in [0, 0.1) is 10.1 Å². The summed E-state index contributed by atoms with van der Waals surface area (Å²) in [6.07, 6.45) is 2.68. The maximum atomic E-state index is 11.0. The fourth-order valence-corrected chi connectivity index (χ4v) is 3.96. The van der Waals surface area contributed by atoms with Gasteiger partial charge in [-0.3, -0.25) is 15.1 Å². The van der Waals surface area contributed by atoms with Crippen LogP contribution in [0.3, 0.4) is 0 Å². The van der Waals surface area contributed by atoms with Gasteiger partial charge in [0.1, 0.15) is 5.02 Å². The van der Waals surface area contributed by atoms with Crippen LogP contribution in [0.25, 0.3) is 0 Å². The molecule has 7 heteroatoms. The lowest BCUT2D eigenvalue weighted by atomic mass is 9.80. The Bertz CT molecular complexity index is 941. The molecule has 0 N–H and O–H groups in total. The normalized spacial score (nSPS) is 18.6. The van der Waals surface area contributed by atoms with E-state index in [2.05, 4.69) is 43.8 Å². The quantitative estimate of drug-likeness (QED) is 0.338. The lowest BCUT2D eigenvalue weighted by Gasteiger charge is -2.45. The van der Waals surface area contributed by atoms with Crippen molar-refractivity contribution in [1.82, 2.24) is 0 Å². The van der Waals surface area contributed by atoms with Crippen molar-refractivity contribution in [3.63, 3.8) is 0 Å². The predicted octanol–water partition coefficient (Wildman–Crippen LogP) is 6.37. The highest BCUT2D eigenvalue weighted by atomic mass is 35.5. The van der Waals surface area contributed by atoms with Crippen molar-refractivity contribution in [2.24, 2.45) is 4.99 Å². The average Bonchev–Trinajstić information content (AvgIpc) is 2.59. The molecule has 0 fully saturated rings. The monoisotopic (exact) mass is 405 g/mol. The maximum Gasteiger partial charge on any atom is 0.290 e. The molecule has 1 atom stereocenters. The van der Waals surface area contributed by atoms with Gasteiger partial charge in [0.15, 0.2) is 0 Å². The van der Waals surface area contributed by atoms with E-state index in [-0.39, 0.29) is 16.2 Å². The van der Waals surface area contributed by atoms with Gasteiger partial charge in [0.2, 0.25) is 0 Å². The Labute approximate surface area is 168 Å². The average molecular weight is 406 g/mol. The molecule has 3 rings (SSSR count). The van der Waals surface area contributed by atoms with Crippen molar-refractivity contribution in [1.29, 1.82) is 0 Å². The fraction of sp³-hybridized carbons (Fsp3) is 0.350. The second-order valence-electron chi connectivity index (χ2n) is 7.56. The number of benzene rings is 2. The number of hydrogen-bond acceptors (Lipinski definition) is 4. The number of rotatable bonds is 3. The van der Waals surface area contributed by atoms with E-state index in [0.29, 0.717) is 16.6 Å². The molecule has 0 bridgehead atoms. The van der Waals surface area contributed by atoms with Gasteiger partial charge in [-0.05, 0) is 56.0 Å². The molecule has 1 unspecified atom stereocenters. The number of nitro benzene ring substituents is 1. The molecule has 0 radical (unpaired) electrons. The van der Waals surface area contributed by atoms with Crippen LogP contribution in [0.1, 0.15) is 44.2 Å². The molecule has 2 aromatic carbocycles. The second-order valence-corrected chi connectivity index (χ2v) is 8.37. The molecule has 1 heterocycles. The Morgan fingerprint density at radius 1 is 1.26 bits per heavy atom. The van der Waals surface area contributed by atoms with Crippen molar-refractivity contribution in [3.8, 4) is 0 Å². The molecule has 0 aromatic heterocycles. The molecule has 0 saturated heterocycles. The first-order chi connectivity index (χ1) is 12.6. The first kappa shape index (κ1) is 19.6. The lowest BCUT2D eigenvalue weighted by molar-refractivity contribution is -0.384. The third kappa shape index (κ3) is 3.80. The Morgan fingerprint density at radius 3 is 2.63 bits per heavy atom. The minimum atomic E-state index is -0.521. The smallest absolute Gasteiger partial charge is 0.290 e. The zero-order chi connectivity index (χ0) is 19.9. The minimum Gasteiger partial charge on any atom is -0.369 e. The van der Waals surface area contributed by atoms with Crippen LogP contribution < -0.4 is 4.90 Å². The lowest BCUT2D eigenvalue weighted by Crippen LogP contribution is -2.45. The van der Waals surface area contributed by atoms with Gasteiger partial charge in [-0.1, -0.05) is 30.1 Å². The number of hydrogen-bond donors (Lipinski definition) is 0. The summed E-state index contributed by atoms with van der Waals surface area (Å²) in [6.45, 7) is 6.66. The van der Waals surface area contributed by atoms with Gasteiger partial charge in [-0.15, -0.1) is 0 Å². The third-order valence-electron chi connectivity index (χ3n) is 5.23. The zero-order valence-corrected chi connectivity index (χ0v) is 17.2. The van der Waals surface area contributed by atoms with E-state index in [1.54, 1.807) is 12.3 Å². The van der Waals surface area contributed by atoms with Crippen LogP contribution in [-0.2, 0) is 0 Å². The van der Waals surface area contributed by atoms with E-state index in [9.17, 15) is 10.1 Å². The highest BCUT2D eigenvalue weighted by Crippen LogP contribution is 2.44. The molecule has 0 amide bonds. The van der Waals surface area contributed by atoms with Crippen molar-refractivity contribution < 1.29 is 4.92 Å². The molecule has 142 valence electrons. The molecule has 27 heavy (non-hydrogen) atoms. The van der Waals surface area contributed by atoms with Crippen LogP contribution in [0.15, 0.2) is 35.3 Å². The molecule has 2 aromatic rings. The van der Waals surface area contributed by atoms with Gasteiger partial charge in [0.05, 0.1) is 15.6 Å². The van der Waals surface area contributed by atoms with E-state index >= 15 is 0 Å². The van der Waals surface area contributed by atoms with Crippen molar-refractivity contribution >= 4 is 46.5 Å².